The first kappa shape index (κ1) is 23.8. The first-order valence-electron chi connectivity index (χ1n) is 9.33. The largest absolute Gasteiger partial charge is 0.493 e. The Morgan fingerprint density at radius 3 is 2.69 bits per heavy atom. The van der Waals surface area contributed by atoms with E-state index in [1.807, 2.05) is 12.1 Å². The zero-order valence-corrected chi connectivity index (χ0v) is 20.6. The highest BCUT2D eigenvalue weighted by atomic mass is 127. The third-order valence-corrected chi connectivity index (χ3v) is 5.58. The van der Waals surface area contributed by atoms with E-state index in [-0.39, 0.29) is 18.0 Å². The first-order valence-corrected chi connectivity index (χ1v) is 11.2. The van der Waals surface area contributed by atoms with Gasteiger partial charge < -0.3 is 14.8 Å². The van der Waals surface area contributed by atoms with Crippen molar-refractivity contribution < 1.29 is 18.7 Å². The van der Waals surface area contributed by atoms with E-state index in [9.17, 15) is 14.4 Å². The maximum atomic E-state index is 13.4. The van der Waals surface area contributed by atoms with Crippen molar-refractivity contribution in [2.24, 2.45) is 0 Å². The summed E-state index contributed by atoms with van der Waals surface area (Å²) in [5.74, 6) is 0.0697. The van der Waals surface area contributed by atoms with Gasteiger partial charge in [-0.05, 0) is 82.3 Å². The van der Waals surface area contributed by atoms with Gasteiger partial charge in [-0.1, -0.05) is 34.1 Å². The van der Waals surface area contributed by atoms with Crippen molar-refractivity contribution in [1.29, 1.82) is 5.26 Å². The number of halogens is 3. The molecule has 32 heavy (non-hydrogen) atoms. The average Bonchev–Trinajstić information content (AvgIpc) is 2.76. The van der Waals surface area contributed by atoms with Crippen LogP contribution in [0.1, 0.15) is 11.1 Å². The zero-order chi connectivity index (χ0) is 23.1. The van der Waals surface area contributed by atoms with Gasteiger partial charge in [0.2, 0.25) is 0 Å². The molecule has 5 nitrogen and oxygen atoms in total. The van der Waals surface area contributed by atoms with Crippen LogP contribution in [0.4, 0.5) is 10.1 Å². The van der Waals surface area contributed by atoms with Crippen molar-refractivity contribution in [3.63, 3.8) is 0 Å². The number of carbonyl (C=O) groups is 1. The first-order chi connectivity index (χ1) is 15.4. The fourth-order valence-corrected chi connectivity index (χ4v) is 4.01. The Balaban J connectivity index is 1.82. The van der Waals surface area contributed by atoms with Crippen molar-refractivity contribution in [3.8, 4) is 17.6 Å². The lowest BCUT2D eigenvalue weighted by Crippen LogP contribution is -2.13. The van der Waals surface area contributed by atoms with Gasteiger partial charge in [0, 0.05) is 10.2 Å². The highest BCUT2D eigenvalue weighted by Gasteiger charge is 2.14. The minimum Gasteiger partial charge on any atom is -0.493 e. The van der Waals surface area contributed by atoms with Crippen molar-refractivity contribution in [3.05, 3.63) is 91.2 Å². The SMILES string of the molecule is COc1cc(/C=C(/C#N)C(=O)Nc2cccc(Br)c2)cc(I)c1OCc1cccc(F)c1. The van der Waals surface area contributed by atoms with E-state index in [0.29, 0.717) is 31.9 Å². The number of nitriles is 1. The maximum Gasteiger partial charge on any atom is 0.266 e. The van der Waals surface area contributed by atoms with Gasteiger partial charge in [0.1, 0.15) is 24.1 Å². The molecule has 1 N–H and O–H groups in total. The molecule has 3 rings (SSSR count). The molecule has 0 radical (unpaired) electrons. The van der Waals surface area contributed by atoms with Gasteiger partial charge in [0.25, 0.3) is 5.91 Å². The van der Waals surface area contributed by atoms with Crippen LogP contribution in [0.5, 0.6) is 11.5 Å². The van der Waals surface area contributed by atoms with E-state index < -0.39 is 5.91 Å². The summed E-state index contributed by atoms with van der Waals surface area (Å²) in [7, 11) is 1.50. The molecule has 0 unspecified atom stereocenters. The Kier molecular flexibility index (Phi) is 8.25. The third-order valence-electron chi connectivity index (χ3n) is 4.28. The molecule has 0 aliphatic heterocycles. The second-order valence-electron chi connectivity index (χ2n) is 6.59. The predicted octanol–water partition coefficient (Wildman–Crippen LogP) is 6.33. The van der Waals surface area contributed by atoms with Gasteiger partial charge in [-0.15, -0.1) is 0 Å². The second kappa shape index (κ2) is 11.1. The lowest BCUT2D eigenvalue weighted by atomic mass is 10.1. The zero-order valence-electron chi connectivity index (χ0n) is 16.9. The monoisotopic (exact) mass is 606 g/mol. The van der Waals surface area contributed by atoms with Gasteiger partial charge in [-0.3, -0.25) is 4.79 Å². The Hall–Kier alpha value is -2.90. The molecule has 0 heterocycles. The number of rotatable bonds is 7. The molecule has 1 amide bonds. The van der Waals surface area contributed by atoms with E-state index in [4.69, 9.17) is 9.47 Å². The minimum absolute atomic E-state index is 0.0590. The summed E-state index contributed by atoms with van der Waals surface area (Å²) in [6.07, 6.45) is 1.48. The van der Waals surface area contributed by atoms with E-state index >= 15 is 0 Å². The normalized spacial score (nSPS) is 10.9. The molecule has 0 spiro atoms. The molecule has 3 aromatic rings. The Morgan fingerprint density at radius 2 is 2.00 bits per heavy atom. The van der Waals surface area contributed by atoms with Crippen molar-refractivity contribution >= 4 is 56.2 Å². The van der Waals surface area contributed by atoms with Crippen LogP contribution < -0.4 is 14.8 Å². The minimum atomic E-state index is -0.522. The summed E-state index contributed by atoms with van der Waals surface area (Å²) in [6.45, 7) is 0.164. The van der Waals surface area contributed by atoms with Crippen molar-refractivity contribution in [2.75, 3.05) is 12.4 Å². The van der Waals surface area contributed by atoms with Crippen molar-refractivity contribution in [1.82, 2.24) is 0 Å². The number of ether oxygens (including phenoxy) is 2. The lowest BCUT2D eigenvalue weighted by Gasteiger charge is -2.14. The molecular weight excluding hydrogens is 590 g/mol. The van der Waals surface area contributed by atoms with Crippen LogP contribution >= 0.6 is 38.5 Å². The number of hydrogen-bond acceptors (Lipinski definition) is 4. The van der Waals surface area contributed by atoms with E-state index in [1.165, 1.54) is 25.3 Å². The molecule has 0 aliphatic rings. The van der Waals surface area contributed by atoms with E-state index in [1.54, 1.807) is 42.5 Å². The molecule has 0 atom stereocenters. The number of benzene rings is 3. The van der Waals surface area contributed by atoms with Gasteiger partial charge in [-0.2, -0.15) is 5.26 Å². The average molecular weight is 607 g/mol. The Labute approximate surface area is 207 Å². The van der Waals surface area contributed by atoms with Gasteiger partial charge in [0.05, 0.1) is 10.7 Å². The number of carbonyl (C=O) groups excluding carboxylic acids is 1. The van der Waals surface area contributed by atoms with Gasteiger partial charge in [-0.25, -0.2) is 4.39 Å². The van der Waals surface area contributed by atoms with Crippen LogP contribution in [-0.2, 0) is 11.4 Å². The summed E-state index contributed by atoms with van der Waals surface area (Å²) < 4.78 is 26.2. The highest BCUT2D eigenvalue weighted by Crippen LogP contribution is 2.35. The number of nitrogens with one attached hydrogen (secondary N) is 1. The smallest absolute Gasteiger partial charge is 0.266 e. The summed E-state index contributed by atoms with van der Waals surface area (Å²) >= 11 is 5.43. The predicted molar refractivity (Wildman–Crippen MR) is 133 cm³/mol. The number of hydrogen-bond donors (Lipinski definition) is 1. The molecule has 0 saturated heterocycles. The second-order valence-corrected chi connectivity index (χ2v) is 8.66. The fourth-order valence-electron chi connectivity index (χ4n) is 2.83. The molecular formula is C24H17BrFIN2O3. The topological polar surface area (TPSA) is 71.3 Å². The third kappa shape index (κ3) is 6.31. The summed E-state index contributed by atoms with van der Waals surface area (Å²) in [5, 5.41) is 12.2. The quantitative estimate of drug-likeness (QED) is 0.194. The van der Waals surface area contributed by atoms with Crippen LogP contribution in [0.25, 0.3) is 6.08 Å². The number of anilines is 1. The highest BCUT2D eigenvalue weighted by molar-refractivity contribution is 14.1. The molecule has 0 fully saturated rings. The standard InChI is InChI=1S/C24H17BrFIN2O3/c1-31-22-11-16(8-17(13-28)24(30)29-20-7-3-5-18(25)12-20)10-21(27)23(22)32-14-15-4-2-6-19(26)9-15/h2-12H,14H2,1H3,(H,29,30)/b17-8-. The summed E-state index contributed by atoms with van der Waals surface area (Å²) in [5.41, 5.74) is 1.79. The van der Waals surface area contributed by atoms with Gasteiger partial charge >= 0.3 is 0 Å². The molecule has 0 saturated carbocycles. The van der Waals surface area contributed by atoms with Crippen LogP contribution in [0.2, 0.25) is 0 Å². The van der Waals surface area contributed by atoms with Crippen LogP contribution in [0, 0.1) is 20.7 Å². The number of nitrogens with zero attached hydrogens (tertiary/aromatic N) is 1. The van der Waals surface area contributed by atoms with Gasteiger partial charge in [0.15, 0.2) is 11.5 Å². The number of methoxy groups -OCH3 is 1. The molecule has 8 heteroatoms. The van der Waals surface area contributed by atoms with E-state index in [0.717, 1.165) is 4.47 Å². The van der Waals surface area contributed by atoms with Crippen LogP contribution in [0.3, 0.4) is 0 Å². The Morgan fingerprint density at radius 1 is 1.22 bits per heavy atom. The Bertz CT molecular complexity index is 1220. The van der Waals surface area contributed by atoms with Crippen LogP contribution in [-0.4, -0.2) is 13.0 Å². The summed E-state index contributed by atoms with van der Waals surface area (Å²) in [6, 6.07) is 18.6. The molecule has 3 aromatic carbocycles. The molecule has 0 bridgehead atoms. The number of amides is 1. The summed E-state index contributed by atoms with van der Waals surface area (Å²) in [4.78, 5) is 12.5. The molecule has 0 aromatic heterocycles. The maximum absolute atomic E-state index is 13.4. The fraction of sp³-hybridized carbons (Fsp3) is 0.0833. The molecule has 0 aliphatic carbocycles. The van der Waals surface area contributed by atoms with E-state index in [2.05, 4.69) is 43.8 Å². The van der Waals surface area contributed by atoms with Crippen LogP contribution in [0.15, 0.2) is 70.7 Å². The lowest BCUT2D eigenvalue weighted by molar-refractivity contribution is -0.112. The molecule has 162 valence electrons. The van der Waals surface area contributed by atoms with Crippen molar-refractivity contribution in [2.45, 2.75) is 6.61 Å².